The molecule has 2 N–H and O–H groups in total. The Kier molecular flexibility index (Phi) is 3.76. The van der Waals surface area contributed by atoms with Gasteiger partial charge in [0.15, 0.2) is 0 Å². The average Bonchev–Trinajstić information content (AvgIpc) is 2.29. The van der Waals surface area contributed by atoms with Crippen LogP contribution in [0.25, 0.3) is 0 Å². The highest BCUT2D eigenvalue weighted by atomic mass is 79.9. The number of hydrogen-bond donors (Lipinski definition) is 1. The van der Waals surface area contributed by atoms with Crippen LogP contribution in [0.1, 0.15) is 18.7 Å². The highest BCUT2D eigenvalue weighted by Gasteiger charge is 2.02. The van der Waals surface area contributed by atoms with E-state index in [2.05, 4.69) is 20.9 Å². The Morgan fingerprint density at radius 2 is 2.06 bits per heavy atom. The van der Waals surface area contributed by atoms with Crippen LogP contribution in [-0.4, -0.2) is 4.98 Å². The van der Waals surface area contributed by atoms with Gasteiger partial charge in [-0.3, -0.25) is 4.98 Å². The highest BCUT2D eigenvalue weighted by Crippen LogP contribution is 2.24. The van der Waals surface area contributed by atoms with E-state index in [9.17, 15) is 0 Å². The Morgan fingerprint density at radius 1 is 1.24 bits per heavy atom. The lowest BCUT2D eigenvalue weighted by atomic mass is 10.2. The number of nitrogens with zero attached hydrogens (tertiary/aromatic N) is 1. The van der Waals surface area contributed by atoms with Gasteiger partial charge in [-0.1, -0.05) is 22.0 Å². The van der Waals surface area contributed by atoms with Crippen molar-refractivity contribution in [2.75, 3.05) is 0 Å². The van der Waals surface area contributed by atoms with E-state index in [0.29, 0.717) is 5.75 Å². The summed E-state index contributed by atoms with van der Waals surface area (Å²) in [6.45, 7) is 1.90. The molecule has 1 aromatic carbocycles. The predicted octanol–water partition coefficient (Wildman–Crippen LogP) is 3.66. The van der Waals surface area contributed by atoms with Crippen molar-refractivity contribution in [1.82, 2.24) is 4.98 Å². The van der Waals surface area contributed by atoms with Gasteiger partial charge in [0.25, 0.3) is 0 Å². The largest absolute Gasteiger partial charge is 0.456 e. The van der Waals surface area contributed by atoms with Gasteiger partial charge in [0.1, 0.15) is 11.5 Å². The molecule has 88 valence electrons. The summed E-state index contributed by atoms with van der Waals surface area (Å²) >= 11 is 3.39. The fourth-order valence-electron chi connectivity index (χ4n) is 1.39. The number of nitrogens with two attached hydrogens (primary N) is 1. The van der Waals surface area contributed by atoms with Gasteiger partial charge in [-0.25, -0.2) is 0 Å². The maximum absolute atomic E-state index is 5.73. The molecule has 0 saturated carbocycles. The second-order valence-electron chi connectivity index (χ2n) is 3.77. The molecule has 1 heterocycles. The molecule has 0 radical (unpaired) electrons. The van der Waals surface area contributed by atoms with E-state index in [1.165, 1.54) is 0 Å². The van der Waals surface area contributed by atoms with E-state index in [-0.39, 0.29) is 6.04 Å². The standard InChI is InChI=1S/C13H13BrN2O/c1-9(15)13-6-5-12(8-16-13)17-11-4-2-3-10(14)7-11/h2-9H,15H2,1H3/t9-/m1/s1. The first-order chi connectivity index (χ1) is 8.15. The summed E-state index contributed by atoms with van der Waals surface area (Å²) in [6, 6.07) is 11.3. The summed E-state index contributed by atoms with van der Waals surface area (Å²) in [4.78, 5) is 4.24. The minimum Gasteiger partial charge on any atom is -0.456 e. The monoisotopic (exact) mass is 292 g/mol. The van der Waals surface area contributed by atoms with Crippen molar-refractivity contribution in [3.8, 4) is 11.5 Å². The Morgan fingerprint density at radius 3 is 2.65 bits per heavy atom. The van der Waals surface area contributed by atoms with Crippen molar-refractivity contribution in [2.45, 2.75) is 13.0 Å². The highest BCUT2D eigenvalue weighted by molar-refractivity contribution is 9.10. The van der Waals surface area contributed by atoms with E-state index in [1.807, 2.05) is 43.3 Å². The second-order valence-corrected chi connectivity index (χ2v) is 4.68. The molecule has 0 unspecified atom stereocenters. The van der Waals surface area contributed by atoms with Gasteiger partial charge in [0, 0.05) is 10.5 Å². The van der Waals surface area contributed by atoms with Gasteiger partial charge in [0.2, 0.25) is 0 Å². The Bertz CT molecular complexity index is 497. The molecule has 0 aliphatic carbocycles. The molecule has 0 aliphatic heterocycles. The Labute approximate surface area is 109 Å². The first-order valence-corrected chi connectivity index (χ1v) is 6.09. The van der Waals surface area contributed by atoms with Crippen LogP contribution >= 0.6 is 15.9 Å². The second kappa shape index (κ2) is 5.29. The van der Waals surface area contributed by atoms with Crippen LogP contribution in [0.15, 0.2) is 47.1 Å². The average molecular weight is 293 g/mol. The van der Waals surface area contributed by atoms with Crippen LogP contribution in [-0.2, 0) is 0 Å². The normalized spacial score (nSPS) is 12.2. The molecule has 1 aromatic heterocycles. The predicted molar refractivity (Wildman–Crippen MR) is 71.1 cm³/mol. The van der Waals surface area contributed by atoms with E-state index in [0.717, 1.165) is 15.9 Å². The van der Waals surface area contributed by atoms with Crippen molar-refractivity contribution in [3.63, 3.8) is 0 Å². The molecule has 0 fully saturated rings. The lowest BCUT2D eigenvalue weighted by molar-refractivity contribution is 0.479. The minimum atomic E-state index is -0.0603. The number of pyridine rings is 1. The molecular formula is C13H13BrN2O. The SMILES string of the molecule is C[C@@H](N)c1ccc(Oc2cccc(Br)c2)cn1. The lowest BCUT2D eigenvalue weighted by Crippen LogP contribution is -2.06. The fourth-order valence-corrected chi connectivity index (χ4v) is 1.77. The smallest absolute Gasteiger partial charge is 0.145 e. The van der Waals surface area contributed by atoms with E-state index in [4.69, 9.17) is 10.5 Å². The van der Waals surface area contributed by atoms with Gasteiger partial charge in [-0.05, 0) is 37.3 Å². The molecule has 0 aliphatic rings. The van der Waals surface area contributed by atoms with Crippen molar-refractivity contribution in [3.05, 3.63) is 52.8 Å². The van der Waals surface area contributed by atoms with Crippen LogP contribution < -0.4 is 10.5 Å². The zero-order valence-corrected chi connectivity index (χ0v) is 11.0. The minimum absolute atomic E-state index is 0.0603. The van der Waals surface area contributed by atoms with Crippen LogP contribution in [0.4, 0.5) is 0 Å². The maximum atomic E-state index is 5.73. The number of ether oxygens (including phenoxy) is 1. The van der Waals surface area contributed by atoms with Crippen LogP contribution in [0, 0.1) is 0 Å². The first kappa shape index (κ1) is 12.1. The molecule has 4 heteroatoms. The van der Waals surface area contributed by atoms with Gasteiger partial charge in [0.05, 0.1) is 11.9 Å². The molecule has 0 spiro atoms. The van der Waals surface area contributed by atoms with E-state index >= 15 is 0 Å². The summed E-state index contributed by atoms with van der Waals surface area (Å²) in [5, 5.41) is 0. The van der Waals surface area contributed by atoms with Gasteiger partial charge < -0.3 is 10.5 Å². The first-order valence-electron chi connectivity index (χ1n) is 5.30. The maximum Gasteiger partial charge on any atom is 0.145 e. The van der Waals surface area contributed by atoms with Crippen LogP contribution in [0.3, 0.4) is 0 Å². The summed E-state index contributed by atoms with van der Waals surface area (Å²) < 4.78 is 6.64. The number of rotatable bonds is 3. The molecule has 17 heavy (non-hydrogen) atoms. The third-order valence-electron chi connectivity index (χ3n) is 2.26. The molecule has 0 bridgehead atoms. The summed E-state index contributed by atoms with van der Waals surface area (Å²) in [7, 11) is 0. The Hall–Kier alpha value is -1.39. The summed E-state index contributed by atoms with van der Waals surface area (Å²) in [5.41, 5.74) is 6.58. The molecule has 0 amide bonds. The third-order valence-corrected chi connectivity index (χ3v) is 2.75. The van der Waals surface area contributed by atoms with E-state index in [1.54, 1.807) is 6.20 Å². The molecule has 2 aromatic rings. The topological polar surface area (TPSA) is 48.1 Å². The molecule has 1 atom stereocenters. The molecular weight excluding hydrogens is 280 g/mol. The molecule has 3 nitrogen and oxygen atoms in total. The van der Waals surface area contributed by atoms with Crippen molar-refractivity contribution in [2.24, 2.45) is 5.73 Å². The number of halogens is 1. The van der Waals surface area contributed by atoms with Crippen molar-refractivity contribution in [1.29, 1.82) is 0 Å². The third kappa shape index (κ3) is 3.28. The number of aromatic nitrogens is 1. The summed E-state index contributed by atoms with van der Waals surface area (Å²) in [6.07, 6.45) is 1.68. The van der Waals surface area contributed by atoms with Gasteiger partial charge in [-0.15, -0.1) is 0 Å². The van der Waals surface area contributed by atoms with E-state index < -0.39 is 0 Å². The number of hydrogen-bond acceptors (Lipinski definition) is 3. The lowest BCUT2D eigenvalue weighted by Gasteiger charge is -2.08. The zero-order valence-electron chi connectivity index (χ0n) is 9.43. The molecule has 2 rings (SSSR count). The van der Waals surface area contributed by atoms with Gasteiger partial charge in [-0.2, -0.15) is 0 Å². The zero-order chi connectivity index (χ0) is 12.3. The van der Waals surface area contributed by atoms with Crippen molar-refractivity contribution < 1.29 is 4.74 Å². The quantitative estimate of drug-likeness (QED) is 0.939. The van der Waals surface area contributed by atoms with Crippen LogP contribution in [0.2, 0.25) is 0 Å². The summed E-state index contributed by atoms with van der Waals surface area (Å²) in [5.74, 6) is 1.47. The Balaban J connectivity index is 2.14. The fraction of sp³-hybridized carbons (Fsp3) is 0.154. The molecule has 0 saturated heterocycles. The van der Waals surface area contributed by atoms with Gasteiger partial charge >= 0.3 is 0 Å². The number of benzene rings is 1. The van der Waals surface area contributed by atoms with Crippen LogP contribution in [0.5, 0.6) is 11.5 Å². The van der Waals surface area contributed by atoms with Crippen molar-refractivity contribution >= 4 is 15.9 Å².